The predicted molar refractivity (Wildman–Crippen MR) is 108 cm³/mol. The third-order valence-corrected chi connectivity index (χ3v) is 6.76. The first-order valence-electron chi connectivity index (χ1n) is 9.66. The summed E-state index contributed by atoms with van der Waals surface area (Å²) in [5.41, 5.74) is 1.79. The summed E-state index contributed by atoms with van der Waals surface area (Å²) in [6.45, 7) is 5.72. The molecule has 0 unspecified atom stereocenters. The van der Waals surface area contributed by atoms with Crippen LogP contribution in [0.3, 0.4) is 0 Å². The summed E-state index contributed by atoms with van der Waals surface area (Å²) in [4.78, 5) is 40.2. The van der Waals surface area contributed by atoms with Crippen LogP contribution in [0.5, 0.6) is 0 Å². The van der Waals surface area contributed by atoms with E-state index >= 15 is 0 Å². The summed E-state index contributed by atoms with van der Waals surface area (Å²) in [5, 5.41) is 2.61. The largest absolute Gasteiger partial charge is 0.465 e. The Morgan fingerprint density at radius 3 is 2.64 bits per heavy atom. The van der Waals surface area contributed by atoms with Crippen LogP contribution in [-0.4, -0.2) is 71.1 Å². The molecule has 2 fully saturated rings. The van der Waals surface area contributed by atoms with Crippen LogP contribution < -0.4 is 5.32 Å². The first kappa shape index (κ1) is 20.5. The van der Waals surface area contributed by atoms with E-state index in [9.17, 15) is 14.4 Å². The Labute approximate surface area is 169 Å². The van der Waals surface area contributed by atoms with Crippen molar-refractivity contribution in [1.82, 2.24) is 15.1 Å². The maximum absolute atomic E-state index is 13.1. The molecule has 0 saturated carbocycles. The molecule has 28 heavy (non-hydrogen) atoms. The second-order valence-corrected chi connectivity index (χ2v) is 8.53. The number of carbonyl (C=O) groups excluding carboxylic acids is 3. The van der Waals surface area contributed by atoms with Gasteiger partial charge in [-0.2, -0.15) is 0 Å². The van der Waals surface area contributed by atoms with E-state index in [0.29, 0.717) is 19.7 Å². The van der Waals surface area contributed by atoms with E-state index in [1.807, 2.05) is 47.9 Å². The lowest BCUT2D eigenvalue weighted by Crippen LogP contribution is -2.55. The monoisotopic (exact) mass is 405 g/mol. The average Bonchev–Trinajstić information content (AvgIpc) is 3.09. The molecule has 0 aliphatic carbocycles. The summed E-state index contributed by atoms with van der Waals surface area (Å²) < 4.78 is 4.83. The number of ether oxygens (including phenoxy) is 1. The molecular formula is C20H27N3O4S. The number of urea groups is 1. The fourth-order valence-corrected chi connectivity index (χ4v) is 5.23. The van der Waals surface area contributed by atoms with Crippen LogP contribution in [0.15, 0.2) is 24.3 Å². The molecule has 3 rings (SSSR count). The van der Waals surface area contributed by atoms with Crippen LogP contribution in [0, 0.1) is 6.92 Å². The summed E-state index contributed by atoms with van der Waals surface area (Å²) in [5.74, 6) is 0.534. The summed E-state index contributed by atoms with van der Waals surface area (Å²) in [6, 6.07) is 7.43. The van der Waals surface area contributed by atoms with E-state index in [1.165, 1.54) is 0 Å². The Balaban J connectivity index is 1.59. The number of hydrogen-bond acceptors (Lipinski definition) is 5. The van der Waals surface area contributed by atoms with Gasteiger partial charge in [-0.05, 0) is 38.8 Å². The van der Waals surface area contributed by atoms with Crippen molar-refractivity contribution in [2.45, 2.75) is 31.6 Å². The molecule has 2 saturated heterocycles. The number of hydrogen-bond donors (Lipinski definition) is 1. The Bertz CT molecular complexity index is 747. The number of thioether (sulfide) groups is 1. The number of nitrogens with one attached hydrogen (secondary N) is 1. The standard InChI is InChI=1S/C20H27N3O4S/c1-3-27-17(24)14-21-19(26)22-9-7-20(8-10-22)23(11-12-28-20)18(25)16-6-4-5-15(2)13-16/h4-6,13H,3,7-12,14H2,1-2H3,(H,21,26). The van der Waals surface area contributed by atoms with E-state index in [-0.39, 0.29) is 23.4 Å². The van der Waals surface area contributed by atoms with Gasteiger partial charge in [0.2, 0.25) is 0 Å². The minimum absolute atomic E-state index is 0.0638. The zero-order chi connectivity index (χ0) is 20.1. The van der Waals surface area contributed by atoms with E-state index < -0.39 is 5.97 Å². The predicted octanol–water partition coefficient (Wildman–Crippen LogP) is 2.25. The smallest absolute Gasteiger partial charge is 0.325 e. The van der Waals surface area contributed by atoms with E-state index in [0.717, 1.165) is 36.3 Å². The SMILES string of the molecule is CCOC(=O)CNC(=O)N1CCC2(CC1)SCCN2C(=O)c1cccc(C)c1. The number of carbonyl (C=O) groups is 3. The normalized spacial score (nSPS) is 18.2. The number of rotatable bonds is 4. The fraction of sp³-hybridized carbons (Fsp3) is 0.550. The van der Waals surface area contributed by atoms with Gasteiger partial charge < -0.3 is 19.9 Å². The molecule has 152 valence electrons. The quantitative estimate of drug-likeness (QED) is 0.778. The molecule has 0 radical (unpaired) electrons. The Hall–Kier alpha value is -2.22. The molecule has 0 aromatic heterocycles. The van der Waals surface area contributed by atoms with E-state index in [1.54, 1.807) is 11.8 Å². The highest BCUT2D eigenvalue weighted by Gasteiger charge is 2.47. The maximum atomic E-state index is 13.1. The van der Waals surface area contributed by atoms with Crippen molar-refractivity contribution in [3.8, 4) is 0 Å². The number of amides is 3. The van der Waals surface area contributed by atoms with Gasteiger partial charge in [-0.25, -0.2) is 4.79 Å². The first-order valence-corrected chi connectivity index (χ1v) is 10.6. The van der Waals surface area contributed by atoms with Crippen molar-refractivity contribution in [2.24, 2.45) is 0 Å². The van der Waals surface area contributed by atoms with Gasteiger partial charge in [0.25, 0.3) is 5.91 Å². The van der Waals surface area contributed by atoms with Crippen LogP contribution in [0.1, 0.15) is 35.7 Å². The van der Waals surface area contributed by atoms with Gasteiger partial charge in [-0.15, -0.1) is 11.8 Å². The highest BCUT2D eigenvalue weighted by atomic mass is 32.2. The van der Waals surface area contributed by atoms with Crippen molar-refractivity contribution in [1.29, 1.82) is 0 Å². The maximum Gasteiger partial charge on any atom is 0.325 e. The summed E-state index contributed by atoms with van der Waals surface area (Å²) >= 11 is 1.81. The summed E-state index contributed by atoms with van der Waals surface area (Å²) in [6.07, 6.45) is 1.45. The van der Waals surface area contributed by atoms with E-state index in [4.69, 9.17) is 4.74 Å². The minimum atomic E-state index is -0.439. The lowest BCUT2D eigenvalue weighted by Gasteiger charge is -2.44. The van der Waals surface area contributed by atoms with Crippen LogP contribution in [0.4, 0.5) is 4.79 Å². The van der Waals surface area contributed by atoms with Gasteiger partial charge in [0.1, 0.15) is 6.54 Å². The molecule has 8 heteroatoms. The van der Waals surface area contributed by atoms with E-state index in [2.05, 4.69) is 5.32 Å². The number of piperidine rings is 1. The molecule has 3 amide bonds. The van der Waals surface area contributed by atoms with Crippen molar-refractivity contribution < 1.29 is 19.1 Å². The molecule has 1 N–H and O–H groups in total. The molecular weight excluding hydrogens is 378 g/mol. The Morgan fingerprint density at radius 2 is 1.96 bits per heavy atom. The van der Waals surface area contributed by atoms with Crippen molar-refractivity contribution in [3.63, 3.8) is 0 Å². The fourth-order valence-electron chi connectivity index (χ4n) is 3.77. The second kappa shape index (κ2) is 8.86. The number of esters is 1. The molecule has 1 aromatic carbocycles. The molecule has 0 atom stereocenters. The number of aryl methyl sites for hydroxylation is 1. The molecule has 7 nitrogen and oxygen atoms in total. The first-order chi connectivity index (χ1) is 13.4. The molecule has 1 spiro atoms. The molecule has 2 aliphatic heterocycles. The lowest BCUT2D eigenvalue weighted by atomic mass is 10.0. The lowest BCUT2D eigenvalue weighted by molar-refractivity contribution is -0.141. The zero-order valence-corrected chi connectivity index (χ0v) is 17.2. The molecule has 1 aromatic rings. The van der Waals surface area contributed by atoms with Crippen LogP contribution in [0.25, 0.3) is 0 Å². The zero-order valence-electron chi connectivity index (χ0n) is 16.4. The second-order valence-electron chi connectivity index (χ2n) is 7.07. The Kier molecular flexibility index (Phi) is 6.49. The van der Waals surface area contributed by atoms with Crippen LogP contribution in [0.2, 0.25) is 0 Å². The number of likely N-dealkylation sites (tertiary alicyclic amines) is 1. The van der Waals surface area contributed by atoms with Crippen LogP contribution in [-0.2, 0) is 9.53 Å². The average molecular weight is 406 g/mol. The van der Waals surface area contributed by atoms with Gasteiger partial charge in [0, 0.05) is 31.0 Å². The van der Waals surface area contributed by atoms with Crippen molar-refractivity contribution in [3.05, 3.63) is 35.4 Å². The molecule has 2 aliphatic rings. The van der Waals surface area contributed by atoms with Gasteiger partial charge in [-0.3, -0.25) is 9.59 Å². The molecule has 0 bridgehead atoms. The molecule has 2 heterocycles. The van der Waals surface area contributed by atoms with Crippen LogP contribution >= 0.6 is 11.8 Å². The summed E-state index contributed by atoms with van der Waals surface area (Å²) in [7, 11) is 0. The minimum Gasteiger partial charge on any atom is -0.465 e. The number of nitrogens with zero attached hydrogens (tertiary/aromatic N) is 2. The third kappa shape index (κ3) is 4.43. The van der Waals surface area contributed by atoms with Gasteiger partial charge in [0.15, 0.2) is 0 Å². The van der Waals surface area contributed by atoms with Crippen molar-refractivity contribution in [2.75, 3.05) is 38.5 Å². The van der Waals surface area contributed by atoms with Crippen molar-refractivity contribution >= 4 is 29.7 Å². The topological polar surface area (TPSA) is 79.0 Å². The Morgan fingerprint density at radius 1 is 1.21 bits per heavy atom. The highest BCUT2D eigenvalue weighted by Crippen LogP contribution is 2.44. The van der Waals surface area contributed by atoms with Gasteiger partial charge >= 0.3 is 12.0 Å². The van der Waals surface area contributed by atoms with Gasteiger partial charge in [-0.1, -0.05) is 17.7 Å². The number of benzene rings is 1. The highest BCUT2D eigenvalue weighted by molar-refractivity contribution is 8.00. The third-order valence-electron chi connectivity index (χ3n) is 5.21. The van der Waals surface area contributed by atoms with Gasteiger partial charge in [0.05, 0.1) is 11.5 Å².